The standard InChI is InChI=1S/C11H18N4O8S/c1-5(13-8(16)3-2-6(12)11(19)20)9(17)14-7-4-15(10(7)18)24(21,22)23/h5-7H,2-4,12H2,1H3,(H,13,16)(H,14,17)(H,19,20)(H,21,22,23)/t5-,6-,7?/m1/s1. The second-order valence-corrected chi connectivity index (χ2v) is 6.52. The maximum Gasteiger partial charge on any atom is 0.362 e. The Hall–Kier alpha value is -2.25. The number of carbonyl (C=O) groups is 4. The SMILES string of the molecule is C[C@@H](NC(=O)CC[C@@H](N)C(=O)O)C(=O)NC1CN(S(=O)(=O)O)C1=O. The Morgan fingerprint density at radius 3 is 2.46 bits per heavy atom. The van der Waals surface area contributed by atoms with E-state index in [4.69, 9.17) is 15.4 Å². The van der Waals surface area contributed by atoms with Crippen LogP contribution in [0.5, 0.6) is 0 Å². The molecule has 0 aliphatic carbocycles. The molecule has 0 spiro atoms. The summed E-state index contributed by atoms with van der Waals surface area (Å²) in [4.78, 5) is 45.3. The molecule has 13 heteroatoms. The van der Waals surface area contributed by atoms with Gasteiger partial charge in [0.25, 0.3) is 5.91 Å². The van der Waals surface area contributed by atoms with Crippen LogP contribution in [-0.4, -0.2) is 70.7 Å². The predicted octanol–water partition coefficient (Wildman–Crippen LogP) is -3.19. The molecule has 0 bridgehead atoms. The maximum absolute atomic E-state index is 11.8. The van der Waals surface area contributed by atoms with Gasteiger partial charge >= 0.3 is 16.3 Å². The molecule has 1 unspecified atom stereocenters. The monoisotopic (exact) mass is 366 g/mol. The Labute approximate surface area is 137 Å². The average Bonchev–Trinajstić information content (AvgIpc) is 2.46. The van der Waals surface area contributed by atoms with Crippen LogP contribution in [0.3, 0.4) is 0 Å². The molecular formula is C11H18N4O8S. The van der Waals surface area contributed by atoms with E-state index < -0.39 is 58.7 Å². The molecule has 0 aromatic rings. The molecule has 1 aliphatic heterocycles. The van der Waals surface area contributed by atoms with Gasteiger partial charge in [-0.1, -0.05) is 0 Å². The molecule has 12 nitrogen and oxygen atoms in total. The third-order valence-corrected chi connectivity index (χ3v) is 4.14. The fraction of sp³-hybridized carbons (Fsp3) is 0.636. The van der Waals surface area contributed by atoms with E-state index in [0.717, 1.165) is 0 Å². The van der Waals surface area contributed by atoms with Crippen LogP contribution >= 0.6 is 0 Å². The quantitative estimate of drug-likeness (QED) is 0.217. The molecule has 0 aromatic carbocycles. The summed E-state index contributed by atoms with van der Waals surface area (Å²) in [5.74, 6) is -3.58. The lowest BCUT2D eigenvalue weighted by Gasteiger charge is -2.35. The van der Waals surface area contributed by atoms with Crippen molar-refractivity contribution in [2.24, 2.45) is 5.73 Å². The number of hydrogen-bond acceptors (Lipinski definition) is 7. The molecule has 1 saturated heterocycles. The van der Waals surface area contributed by atoms with Gasteiger partial charge in [-0.15, -0.1) is 0 Å². The van der Waals surface area contributed by atoms with Crippen molar-refractivity contribution < 1.29 is 37.3 Å². The number of carboxylic acids is 1. The van der Waals surface area contributed by atoms with Gasteiger partial charge in [-0.3, -0.25) is 23.7 Å². The van der Waals surface area contributed by atoms with Crippen LogP contribution in [0.4, 0.5) is 0 Å². The summed E-state index contributed by atoms with van der Waals surface area (Å²) in [6.07, 6.45) is -0.316. The maximum atomic E-state index is 11.8. The summed E-state index contributed by atoms with van der Waals surface area (Å²) in [6.45, 7) is 0.922. The van der Waals surface area contributed by atoms with E-state index in [1.807, 2.05) is 0 Å². The van der Waals surface area contributed by atoms with E-state index in [1.165, 1.54) is 6.92 Å². The van der Waals surface area contributed by atoms with Crippen LogP contribution in [-0.2, 0) is 29.5 Å². The third-order valence-electron chi connectivity index (χ3n) is 3.26. The highest BCUT2D eigenvalue weighted by Crippen LogP contribution is 2.14. The van der Waals surface area contributed by atoms with Crippen LogP contribution in [0.2, 0.25) is 0 Å². The number of nitrogens with zero attached hydrogens (tertiary/aromatic N) is 1. The van der Waals surface area contributed by atoms with Crippen LogP contribution in [0.1, 0.15) is 19.8 Å². The largest absolute Gasteiger partial charge is 0.480 e. The first-order valence-electron chi connectivity index (χ1n) is 6.80. The first-order chi connectivity index (χ1) is 10.9. The van der Waals surface area contributed by atoms with Crippen LogP contribution in [0, 0.1) is 0 Å². The van der Waals surface area contributed by atoms with E-state index in [1.54, 1.807) is 0 Å². The number of aliphatic carboxylic acids is 1. The minimum Gasteiger partial charge on any atom is -0.480 e. The van der Waals surface area contributed by atoms with Gasteiger partial charge in [-0.05, 0) is 13.3 Å². The summed E-state index contributed by atoms with van der Waals surface area (Å²) < 4.78 is 30.4. The molecule has 0 saturated carbocycles. The molecule has 1 fully saturated rings. The van der Waals surface area contributed by atoms with Gasteiger partial charge in [-0.25, -0.2) is 4.31 Å². The third kappa shape index (κ3) is 5.14. The second-order valence-electron chi connectivity index (χ2n) is 5.18. The highest BCUT2D eigenvalue weighted by atomic mass is 32.2. The number of amides is 3. The van der Waals surface area contributed by atoms with Crippen LogP contribution in [0.25, 0.3) is 0 Å². The highest BCUT2D eigenvalue weighted by molar-refractivity contribution is 7.84. The van der Waals surface area contributed by atoms with E-state index in [2.05, 4.69) is 10.6 Å². The van der Waals surface area contributed by atoms with Crippen LogP contribution < -0.4 is 16.4 Å². The Bertz CT molecular complexity index is 648. The summed E-state index contributed by atoms with van der Waals surface area (Å²) >= 11 is 0. The van der Waals surface area contributed by atoms with Gasteiger partial charge in [0, 0.05) is 6.42 Å². The molecule has 6 N–H and O–H groups in total. The Kier molecular flexibility index (Phi) is 6.22. The predicted molar refractivity (Wildman–Crippen MR) is 77.6 cm³/mol. The zero-order chi connectivity index (χ0) is 18.7. The lowest BCUT2D eigenvalue weighted by atomic mass is 10.1. The van der Waals surface area contributed by atoms with Crippen molar-refractivity contribution in [1.82, 2.24) is 14.9 Å². The van der Waals surface area contributed by atoms with Gasteiger partial charge in [0.05, 0.1) is 6.54 Å². The van der Waals surface area contributed by atoms with Crippen molar-refractivity contribution in [1.29, 1.82) is 0 Å². The molecule has 1 aliphatic rings. The van der Waals surface area contributed by atoms with Crippen molar-refractivity contribution >= 4 is 34.0 Å². The van der Waals surface area contributed by atoms with Gasteiger partial charge in [0.15, 0.2) is 0 Å². The Morgan fingerprint density at radius 2 is 2.00 bits per heavy atom. The highest BCUT2D eigenvalue weighted by Gasteiger charge is 2.44. The fourth-order valence-electron chi connectivity index (χ4n) is 1.80. The zero-order valence-corrected chi connectivity index (χ0v) is 13.4. The first kappa shape index (κ1) is 19.8. The molecule has 136 valence electrons. The van der Waals surface area contributed by atoms with Crippen molar-refractivity contribution in [3.05, 3.63) is 0 Å². The summed E-state index contributed by atoms with van der Waals surface area (Å²) in [5, 5.41) is 13.1. The lowest BCUT2D eigenvalue weighted by Crippen LogP contribution is -2.66. The summed E-state index contributed by atoms with van der Waals surface area (Å²) in [6, 6.07) is -3.34. The number of carboxylic acid groups (broad SMARTS) is 1. The molecule has 0 radical (unpaired) electrons. The van der Waals surface area contributed by atoms with Gasteiger partial charge in [0.2, 0.25) is 11.8 Å². The average molecular weight is 366 g/mol. The van der Waals surface area contributed by atoms with E-state index >= 15 is 0 Å². The number of nitrogens with two attached hydrogens (primary N) is 1. The number of rotatable bonds is 8. The number of carbonyl (C=O) groups excluding carboxylic acids is 3. The molecule has 3 atom stereocenters. The minimum atomic E-state index is -4.64. The van der Waals surface area contributed by atoms with Crippen LogP contribution in [0.15, 0.2) is 0 Å². The molecular weight excluding hydrogens is 348 g/mol. The molecule has 0 aromatic heterocycles. The van der Waals surface area contributed by atoms with Gasteiger partial charge < -0.3 is 21.5 Å². The minimum absolute atomic E-state index is 0.111. The zero-order valence-electron chi connectivity index (χ0n) is 12.6. The van der Waals surface area contributed by atoms with E-state index in [-0.39, 0.29) is 17.1 Å². The van der Waals surface area contributed by atoms with Crippen molar-refractivity contribution in [2.75, 3.05) is 6.54 Å². The smallest absolute Gasteiger partial charge is 0.362 e. The molecule has 1 rings (SSSR count). The summed E-state index contributed by atoms with van der Waals surface area (Å²) in [7, 11) is -4.64. The second kappa shape index (κ2) is 7.55. The van der Waals surface area contributed by atoms with Crippen molar-refractivity contribution in [3.63, 3.8) is 0 Å². The first-order valence-corrected chi connectivity index (χ1v) is 8.20. The number of hydrogen-bond donors (Lipinski definition) is 5. The fourth-order valence-corrected chi connectivity index (χ4v) is 2.49. The summed E-state index contributed by atoms with van der Waals surface area (Å²) in [5.41, 5.74) is 5.24. The Morgan fingerprint density at radius 1 is 1.42 bits per heavy atom. The van der Waals surface area contributed by atoms with Gasteiger partial charge in [0.1, 0.15) is 18.1 Å². The number of nitrogens with one attached hydrogen (secondary N) is 2. The molecule has 1 heterocycles. The van der Waals surface area contributed by atoms with Crippen molar-refractivity contribution in [2.45, 2.75) is 37.9 Å². The number of β-lactam (4-membered cyclic amide) rings is 1. The normalized spacial score (nSPS) is 19.9. The van der Waals surface area contributed by atoms with E-state index in [0.29, 0.717) is 0 Å². The topological polar surface area (TPSA) is 196 Å². The van der Waals surface area contributed by atoms with E-state index in [9.17, 15) is 27.6 Å². The van der Waals surface area contributed by atoms with Crippen molar-refractivity contribution in [3.8, 4) is 0 Å². The molecule has 24 heavy (non-hydrogen) atoms. The van der Waals surface area contributed by atoms with Gasteiger partial charge in [-0.2, -0.15) is 8.42 Å². The lowest BCUT2D eigenvalue weighted by molar-refractivity contribution is -0.141. The Balaban J connectivity index is 2.40. The molecule has 3 amide bonds.